The number of hydrogen-bond donors (Lipinski definition) is 2. The maximum atomic E-state index is 12.9. The Kier molecular flexibility index (Phi) is 4.35. The summed E-state index contributed by atoms with van der Waals surface area (Å²) in [5, 5.41) is 12.0. The molecular weight excluding hydrogens is 325 g/mol. The SMILES string of the molecule is OCC1CCCC1Nc1ncc(Br)cc1C(F)(F)F. The van der Waals surface area contributed by atoms with Gasteiger partial charge in [0.25, 0.3) is 0 Å². The molecule has 0 bridgehead atoms. The van der Waals surface area contributed by atoms with Crippen LogP contribution >= 0.6 is 15.9 Å². The molecule has 1 heterocycles. The second-order valence-electron chi connectivity index (χ2n) is 4.67. The normalized spacial score (nSPS) is 23.6. The van der Waals surface area contributed by atoms with E-state index in [9.17, 15) is 18.3 Å². The molecule has 0 amide bonds. The molecule has 1 aliphatic carbocycles. The predicted molar refractivity (Wildman–Crippen MR) is 68.8 cm³/mol. The number of hydrogen-bond acceptors (Lipinski definition) is 3. The zero-order chi connectivity index (χ0) is 14.0. The van der Waals surface area contributed by atoms with Crippen molar-refractivity contribution in [2.45, 2.75) is 31.5 Å². The van der Waals surface area contributed by atoms with Crippen LogP contribution in [0.15, 0.2) is 16.7 Å². The Hall–Kier alpha value is -0.820. The number of halogens is 4. The predicted octanol–water partition coefficient (Wildman–Crippen LogP) is 3.44. The zero-order valence-electron chi connectivity index (χ0n) is 10.0. The summed E-state index contributed by atoms with van der Waals surface area (Å²) in [6, 6.07) is 0.859. The van der Waals surface area contributed by atoms with Crippen molar-refractivity contribution in [2.24, 2.45) is 5.92 Å². The van der Waals surface area contributed by atoms with Crippen molar-refractivity contribution >= 4 is 21.7 Å². The molecule has 7 heteroatoms. The smallest absolute Gasteiger partial charge is 0.396 e. The minimum Gasteiger partial charge on any atom is -0.396 e. The van der Waals surface area contributed by atoms with E-state index in [0.717, 1.165) is 25.3 Å². The van der Waals surface area contributed by atoms with Gasteiger partial charge in [0.15, 0.2) is 0 Å². The van der Waals surface area contributed by atoms with Crippen molar-refractivity contribution in [2.75, 3.05) is 11.9 Å². The highest BCUT2D eigenvalue weighted by Crippen LogP contribution is 2.37. The molecule has 2 unspecified atom stereocenters. The monoisotopic (exact) mass is 338 g/mol. The Morgan fingerprint density at radius 1 is 1.42 bits per heavy atom. The van der Waals surface area contributed by atoms with Gasteiger partial charge < -0.3 is 10.4 Å². The first kappa shape index (κ1) is 14.6. The maximum absolute atomic E-state index is 12.9. The molecule has 2 atom stereocenters. The van der Waals surface area contributed by atoms with Gasteiger partial charge in [0.1, 0.15) is 5.82 Å². The molecule has 2 N–H and O–H groups in total. The number of aliphatic hydroxyl groups excluding tert-OH is 1. The average molecular weight is 339 g/mol. The third kappa shape index (κ3) is 3.39. The van der Waals surface area contributed by atoms with Crippen LogP contribution < -0.4 is 5.32 Å². The van der Waals surface area contributed by atoms with Gasteiger partial charge in [-0.2, -0.15) is 13.2 Å². The van der Waals surface area contributed by atoms with Gasteiger partial charge in [-0.3, -0.25) is 0 Å². The molecule has 0 radical (unpaired) electrons. The van der Waals surface area contributed by atoms with E-state index in [1.54, 1.807) is 0 Å². The topological polar surface area (TPSA) is 45.1 Å². The molecule has 0 aliphatic heterocycles. The van der Waals surface area contributed by atoms with Crippen LogP contribution in [0.2, 0.25) is 0 Å². The quantitative estimate of drug-likeness (QED) is 0.887. The van der Waals surface area contributed by atoms with E-state index in [4.69, 9.17) is 0 Å². The highest BCUT2D eigenvalue weighted by Gasteiger charge is 2.36. The molecule has 1 aliphatic rings. The Morgan fingerprint density at radius 3 is 2.79 bits per heavy atom. The van der Waals surface area contributed by atoms with E-state index in [1.807, 2.05) is 0 Å². The lowest BCUT2D eigenvalue weighted by Crippen LogP contribution is -2.28. The van der Waals surface area contributed by atoms with E-state index in [0.29, 0.717) is 0 Å². The summed E-state index contributed by atoms with van der Waals surface area (Å²) in [6.45, 7) is -0.0183. The van der Waals surface area contributed by atoms with Crippen LogP contribution in [0.4, 0.5) is 19.0 Å². The van der Waals surface area contributed by atoms with Crippen molar-refractivity contribution in [3.05, 3.63) is 22.3 Å². The molecular formula is C12H14BrF3N2O. The van der Waals surface area contributed by atoms with Gasteiger partial charge in [0.2, 0.25) is 0 Å². The van der Waals surface area contributed by atoms with Crippen molar-refractivity contribution < 1.29 is 18.3 Å². The van der Waals surface area contributed by atoms with Gasteiger partial charge in [0, 0.05) is 29.2 Å². The summed E-state index contributed by atoms with van der Waals surface area (Å²) in [4.78, 5) is 3.82. The number of aliphatic hydroxyl groups is 1. The fourth-order valence-electron chi connectivity index (χ4n) is 2.39. The first-order chi connectivity index (χ1) is 8.91. The lowest BCUT2D eigenvalue weighted by Gasteiger charge is -2.22. The highest BCUT2D eigenvalue weighted by molar-refractivity contribution is 9.10. The second-order valence-corrected chi connectivity index (χ2v) is 5.59. The molecule has 0 spiro atoms. The number of aromatic nitrogens is 1. The van der Waals surface area contributed by atoms with Crippen LogP contribution in [-0.2, 0) is 6.18 Å². The van der Waals surface area contributed by atoms with Crippen LogP contribution in [0, 0.1) is 5.92 Å². The van der Waals surface area contributed by atoms with Gasteiger partial charge in [-0.25, -0.2) is 4.98 Å². The summed E-state index contributed by atoms with van der Waals surface area (Å²) in [6.07, 6.45) is -0.639. The zero-order valence-corrected chi connectivity index (χ0v) is 11.6. The van der Waals surface area contributed by atoms with Crippen LogP contribution in [0.1, 0.15) is 24.8 Å². The number of anilines is 1. The van der Waals surface area contributed by atoms with Crippen LogP contribution in [0.25, 0.3) is 0 Å². The Labute approximate surface area is 117 Å². The van der Waals surface area contributed by atoms with Gasteiger partial charge in [-0.15, -0.1) is 0 Å². The van der Waals surface area contributed by atoms with E-state index < -0.39 is 11.7 Å². The molecule has 1 fully saturated rings. The van der Waals surface area contributed by atoms with Crippen LogP contribution in [0.3, 0.4) is 0 Å². The number of rotatable bonds is 3. The van der Waals surface area contributed by atoms with Gasteiger partial charge in [0.05, 0.1) is 5.56 Å². The minimum absolute atomic E-state index is 0.00784. The van der Waals surface area contributed by atoms with Gasteiger partial charge in [-0.05, 0) is 34.8 Å². The molecule has 19 heavy (non-hydrogen) atoms. The van der Waals surface area contributed by atoms with Crippen LogP contribution in [0.5, 0.6) is 0 Å². The Balaban J connectivity index is 2.25. The van der Waals surface area contributed by atoms with E-state index in [1.165, 1.54) is 6.20 Å². The summed E-state index contributed by atoms with van der Waals surface area (Å²) < 4.78 is 39.1. The third-order valence-electron chi connectivity index (χ3n) is 3.38. The largest absolute Gasteiger partial charge is 0.419 e. The molecule has 0 aromatic carbocycles. The summed E-state index contributed by atoms with van der Waals surface area (Å²) in [5.41, 5.74) is -0.787. The molecule has 106 valence electrons. The number of nitrogens with zero attached hydrogens (tertiary/aromatic N) is 1. The van der Waals surface area contributed by atoms with Crippen molar-refractivity contribution in [1.29, 1.82) is 0 Å². The number of alkyl halides is 3. The third-order valence-corrected chi connectivity index (χ3v) is 3.81. The second kappa shape index (κ2) is 5.66. The van der Waals surface area contributed by atoms with E-state index >= 15 is 0 Å². The van der Waals surface area contributed by atoms with Gasteiger partial charge >= 0.3 is 6.18 Å². The van der Waals surface area contributed by atoms with Crippen molar-refractivity contribution in [3.63, 3.8) is 0 Å². The Bertz CT molecular complexity index is 453. The minimum atomic E-state index is -4.45. The van der Waals surface area contributed by atoms with Crippen molar-refractivity contribution in [3.8, 4) is 0 Å². The molecule has 1 aromatic rings. The molecule has 2 rings (SSSR count). The lowest BCUT2D eigenvalue weighted by molar-refractivity contribution is -0.137. The van der Waals surface area contributed by atoms with Gasteiger partial charge in [-0.1, -0.05) is 6.42 Å². The average Bonchev–Trinajstić information content (AvgIpc) is 2.77. The molecule has 1 aromatic heterocycles. The first-order valence-corrected chi connectivity index (χ1v) is 6.81. The van der Waals surface area contributed by atoms with Crippen molar-refractivity contribution in [1.82, 2.24) is 4.98 Å². The molecule has 3 nitrogen and oxygen atoms in total. The first-order valence-electron chi connectivity index (χ1n) is 6.02. The summed E-state index contributed by atoms with van der Waals surface area (Å²) in [5.74, 6) is -0.174. The number of pyridine rings is 1. The standard InChI is InChI=1S/C12H14BrF3N2O/c13-8-4-9(12(14,15)16)11(17-5-8)18-10-3-1-2-7(10)6-19/h4-5,7,10,19H,1-3,6H2,(H,17,18). The van der Waals surface area contributed by atoms with E-state index in [2.05, 4.69) is 26.2 Å². The Morgan fingerprint density at radius 2 is 2.16 bits per heavy atom. The molecule has 0 saturated heterocycles. The molecule has 1 saturated carbocycles. The van der Waals surface area contributed by atoms with Crippen LogP contribution in [-0.4, -0.2) is 22.7 Å². The summed E-state index contributed by atoms with van der Waals surface area (Å²) >= 11 is 3.00. The number of nitrogens with one attached hydrogen (secondary N) is 1. The fraction of sp³-hybridized carbons (Fsp3) is 0.583. The fourth-order valence-corrected chi connectivity index (χ4v) is 2.72. The highest BCUT2D eigenvalue weighted by atomic mass is 79.9. The summed E-state index contributed by atoms with van der Waals surface area (Å²) in [7, 11) is 0. The maximum Gasteiger partial charge on any atom is 0.419 e. The lowest BCUT2D eigenvalue weighted by atomic mass is 10.0. The van der Waals surface area contributed by atoms with E-state index in [-0.39, 0.29) is 28.9 Å².